The van der Waals surface area contributed by atoms with Gasteiger partial charge in [0.25, 0.3) is 0 Å². The Morgan fingerprint density at radius 1 is 0.688 bits per heavy atom. The van der Waals surface area contributed by atoms with Crippen molar-refractivity contribution >= 4 is 21.9 Å². The van der Waals surface area contributed by atoms with Crippen LogP contribution in [-0.4, -0.2) is 5.43 Å². The van der Waals surface area contributed by atoms with Crippen molar-refractivity contribution in [3.63, 3.8) is 0 Å². The summed E-state index contributed by atoms with van der Waals surface area (Å²) in [5.74, 6) is 0.469. The maximum absolute atomic E-state index is 2.54. The summed E-state index contributed by atoms with van der Waals surface area (Å²) in [6, 6.07) is 27.3. The van der Waals surface area contributed by atoms with Crippen LogP contribution in [0.15, 0.2) is 103 Å². The van der Waals surface area contributed by atoms with Crippen LogP contribution in [0.5, 0.6) is 0 Å². The van der Waals surface area contributed by atoms with Gasteiger partial charge in [-0.15, -0.1) is 0 Å². The summed E-state index contributed by atoms with van der Waals surface area (Å²) in [6.45, 7) is 4.60. The topological polar surface area (TPSA) is 0 Å². The van der Waals surface area contributed by atoms with E-state index in [1.165, 1.54) is 16.7 Å². The number of benzene rings is 3. The van der Waals surface area contributed by atoms with Crippen LogP contribution in [0.1, 0.15) is 25.9 Å². The van der Waals surface area contributed by atoms with Crippen molar-refractivity contribution in [3.05, 3.63) is 125 Å². The minimum absolute atomic E-state index is 0. The molecule has 0 aliphatic heterocycles. The molecule has 1 unspecified atom stereocenters. The zero-order valence-corrected chi connectivity index (χ0v) is 23.2. The largest absolute Gasteiger partial charge is 1.00 e. The molecule has 4 heteroatoms. The number of allylic oxidation sites excluding steroid dienone is 5. The predicted octanol–water partition coefficient (Wildman–Crippen LogP) is -0.620. The quantitative estimate of drug-likeness (QED) is 0.380. The first kappa shape index (κ1) is 25.2. The number of fused-ring (bicyclic) bond motifs is 1. The second-order valence-corrected chi connectivity index (χ2v) is 17.6. The van der Waals surface area contributed by atoms with Gasteiger partial charge in [-0.25, -0.2) is 0 Å². The summed E-state index contributed by atoms with van der Waals surface area (Å²) in [4.78, 5) is 0. The van der Waals surface area contributed by atoms with Crippen LogP contribution in [0.25, 0.3) is 6.08 Å². The molecule has 3 aromatic carbocycles. The van der Waals surface area contributed by atoms with E-state index in [0.717, 1.165) is 0 Å². The van der Waals surface area contributed by atoms with Gasteiger partial charge in [-0.1, -0.05) is 0 Å². The van der Waals surface area contributed by atoms with Crippen LogP contribution in [0.2, 0.25) is 0 Å². The number of halogens is 2. The third-order valence-electron chi connectivity index (χ3n) is 6.20. The van der Waals surface area contributed by atoms with Crippen LogP contribution < -0.4 is 35.2 Å². The van der Waals surface area contributed by atoms with Gasteiger partial charge in [0.2, 0.25) is 0 Å². The Labute approximate surface area is 215 Å². The molecule has 0 aromatic heterocycles. The molecule has 1 atom stereocenters. The van der Waals surface area contributed by atoms with Gasteiger partial charge in [-0.05, 0) is 0 Å². The first-order valence-electron chi connectivity index (χ1n) is 10.6. The molecular weight excluding hydrogens is 527 g/mol. The molecule has 0 N–H and O–H groups in total. The fourth-order valence-electron chi connectivity index (χ4n) is 4.63. The van der Waals surface area contributed by atoms with Crippen molar-refractivity contribution in [1.82, 2.24) is 0 Å². The van der Waals surface area contributed by atoms with Crippen LogP contribution >= 0.6 is 0 Å². The minimum Gasteiger partial charge on any atom is -1.00 e. The zero-order chi connectivity index (χ0) is 20.5. The molecule has 0 amide bonds. The monoisotopic (exact) mass is 549 g/mol. The van der Waals surface area contributed by atoms with E-state index < -0.39 is 27.3 Å². The predicted molar refractivity (Wildman–Crippen MR) is 126 cm³/mol. The first-order valence-corrected chi connectivity index (χ1v) is 17.2. The van der Waals surface area contributed by atoms with Crippen molar-refractivity contribution in [1.29, 1.82) is 0 Å². The number of hydrogen-bond acceptors (Lipinski definition) is 0. The van der Waals surface area contributed by atoms with E-state index in [1.54, 1.807) is 21.5 Å². The second-order valence-electron chi connectivity index (χ2n) is 8.15. The molecule has 3 aromatic rings. The second kappa shape index (κ2) is 11.1. The summed E-state index contributed by atoms with van der Waals surface area (Å²) in [6.07, 6.45) is 11.7. The first-order chi connectivity index (χ1) is 14.7. The molecule has 2 aliphatic rings. The average molecular weight is 552 g/mol. The smallest absolute Gasteiger partial charge is 1.00 e. The Morgan fingerprint density at radius 3 is 1.78 bits per heavy atom. The van der Waals surface area contributed by atoms with Crippen molar-refractivity contribution in [2.45, 2.75) is 17.5 Å². The van der Waals surface area contributed by atoms with Crippen molar-refractivity contribution in [2.75, 3.05) is 0 Å². The molecule has 0 bridgehead atoms. The van der Waals surface area contributed by atoms with Crippen molar-refractivity contribution in [2.24, 2.45) is 5.92 Å². The Bertz CT molecular complexity index is 1160. The third kappa shape index (κ3) is 4.90. The zero-order valence-electron chi connectivity index (χ0n) is 18.2. The molecule has 0 radical (unpaired) electrons. The Morgan fingerprint density at radius 2 is 1.22 bits per heavy atom. The van der Waals surface area contributed by atoms with Gasteiger partial charge in [-0.3, -0.25) is 0 Å². The molecule has 0 saturated carbocycles. The summed E-state index contributed by atoms with van der Waals surface area (Å²) in [5, 5.41) is 3.16. The molecule has 0 fully saturated rings. The van der Waals surface area contributed by atoms with E-state index in [1.807, 2.05) is 0 Å². The fraction of sp³-hybridized carbons (Fsp3) is 0.143. The van der Waals surface area contributed by atoms with E-state index in [0.29, 0.717) is 9.54 Å². The van der Waals surface area contributed by atoms with E-state index in [9.17, 15) is 0 Å². The third-order valence-corrected chi connectivity index (χ3v) is 18.6. The van der Waals surface area contributed by atoms with Crippen molar-refractivity contribution in [3.8, 4) is 0 Å². The number of hydrogen-bond donors (Lipinski definition) is 0. The van der Waals surface area contributed by atoms with Gasteiger partial charge in [0.1, 0.15) is 0 Å². The van der Waals surface area contributed by atoms with Gasteiger partial charge in [0, 0.05) is 0 Å². The molecule has 0 nitrogen and oxygen atoms in total. The summed E-state index contributed by atoms with van der Waals surface area (Å²) >= 11 is -0.826. The standard InChI is InChI=1S/C16H15.C12H10Si.2ClH.Zr/c1-11-7-8-12(2)16-10-14(9-15(11)16)13-5-3-4-6-13;1-3-7-11(8-4-1)13-12-9-5-2-6-10-12;;;/h3-10,13H,1-2H3;1-10H;2*1H;/q;;;;+2/p-2. The van der Waals surface area contributed by atoms with Gasteiger partial charge in [0.05, 0.1) is 0 Å². The summed E-state index contributed by atoms with van der Waals surface area (Å²) in [7, 11) is 0. The van der Waals surface area contributed by atoms with Crippen LogP contribution in [0, 0.1) is 19.8 Å². The average Bonchev–Trinajstić information content (AvgIpc) is 3.44. The normalized spacial score (nSPS) is 15.9. The van der Waals surface area contributed by atoms with E-state index in [4.69, 9.17) is 0 Å². The molecule has 2 aliphatic carbocycles. The van der Waals surface area contributed by atoms with Crippen LogP contribution in [0.3, 0.4) is 0 Å². The maximum atomic E-state index is 2.54. The molecule has 159 valence electrons. The maximum Gasteiger partial charge on any atom is -1.00 e. The summed E-state index contributed by atoms with van der Waals surface area (Å²) in [5.41, 5.74) is 6.96. The molecule has 5 rings (SSSR count). The molecule has 32 heavy (non-hydrogen) atoms. The number of rotatable bonds is 4. The van der Waals surface area contributed by atoms with E-state index >= 15 is 0 Å². The Balaban J connectivity index is 0.00000144. The molecule has 0 heterocycles. The van der Waals surface area contributed by atoms with Gasteiger partial charge < -0.3 is 24.8 Å². The Hall–Kier alpha value is -1.44. The SMILES string of the molecule is Cc1ccc(C)c2c1C=C(C1C=CC=C1)[CH]2[Zr+2]=[Si](c1ccccc1)c1ccccc1.[Cl-].[Cl-]. The van der Waals surface area contributed by atoms with Crippen molar-refractivity contribution < 1.29 is 46.7 Å². The van der Waals surface area contributed by atoms with Gasteiger partial charge >= 0.3 is 192 Å². The molecule has 0 spiro atoms. The molecular formula is C28H25Cl2SiZr. The summed E-state index contributed by atoms with van der Waals surface area (Å²) < 4.78 is 0.648. The van der Waals surface area contributed by atoms with E-state index in [2.05, 4.69) is 117 Å². The minimum atomic E-state index is -0.826. The Kier molecular flexibility index (Phi) is 8.75. The van der Waals surface area contributed by atoms with Gasteiger partial charge in [-0.2, -0.15) is 0 Å². The van der Waals surface area contributed by atoms with Crippen LogP contribution in [0.4, 0.5) is 0 Å². The molecule has 0 saturated heterocycles. The van der Waals surface area contributed by atoms with E-state index in [-0.39, 0.29) is 24.8 Å². The fourth-order valence-corrected chi connectivity index (χ4v) is 17.9. The number of aryl methyl sites for hydroxylation is 2. The van der Waals surface area contributed by atoms with Gasteiger partial charge in [0.15, 0.2) is 0 Å². The van der Waals surface area contributed by atoms with Crippen LogP contribution in [-0.2, 0) is 21.9 Å².